The molecule has 7 heteroatoms. The predicted molar refractivity (Wildman–Crippen MR) is 73.2 cm³/mol. The molecule has 0 spiro atoms. The molecule has 0 aromatic heterocycles. The Bertz CT molecular complexity index is 567. The van der Waals surface area contributed by atoms with Crippen LogP contribution >= 0.6 is 0 Å². The van der Waals surface area contributed by atoms with E-state index >= 15 is 0 Å². The molecule has 0 radical (unpaired) electrons. The SMILES string of the molecule is Cc1cc(N)c(C)c(S(=O)(=O)NCC(C)(O)CO)c1. The lowest BCUT2D eigenvalue weighted by Gasteiger charge is -2.21. The zero-order valence-electron chi connectivity index (χ0n) is 11.3. The maximum absolute atomic E-state index is 12.2. The number of nitrogens with one attached hydrogen (secondary N) is 1. The first-order chi connectivity index (χ1) is 8.59. The van der Waals surface area contributed by atoms with Gasteiger partial charge >= 0.3 is 0 Å². The van der Waals surface area contributed by atoms with Crippen molar-refractivity contribution in [1.82, 2.24) is 4.72 Å². The first-order valence-electron chi connectivity index (χ1n) is 5.79. The Balaban J connectivity index is 3.08. The lowest BCUT2D eigenvalue weighted by molar-refractivity contribution is 0.00681. The molecule has 1 rings (SSSR count). The number of rotatable bonds is 5. The molecule has 1 unspecified atom stereocenters. The molecule has 0 amide bonds. The number of anilines is 1. The summed E-state index contributed by atoms with van der Waals surface area (Å²) < 4.78 is 26.6. The van der Waals surface area contributed by atoms with Gasteiger partial charge in [0, 0.05) is 12.2 Å². The fourth-order valence-corrected chi connectivity index (χ4v) is 3.03. The second kappa shape index (κ2) is 5.46. The maximum Gasteiger partial charge on any atom is 0.241 e. The van der Waals surface area contributed by atoms with Crippen molar-refractivity contribution in [3.8, 4) is 0 Å². The first-order valence-corrected chi connectivity index (χ1v) is 7.27. The average molecular weight is 288 g/mol. The van der Waals surface area contributed by atoms with Crippen LogP contribution in [0, 0.1) is 13.8 Å². The summed E-state index contributed by atoms with van der Waals surface area (Å²) in [4.78, 5) is 0.0822. The highest BCUT2D eigenvalue weighted by Crippen LogP contribution is 2.23. The van der Waals surface area contributed by atoms with Gasteiger partial charge < -0.3 is 15.9 Å². The van der Waals surface area contributed by atoms with Gasteiger partial charge in [-0.3, -0.25) is 0 Å². The Labute approximate surface area is 113 Å². The van der Waals surface area contributed by atoms with Gasteiger partial charge in [-0.1, -0.05) is 0 Å². The third kappa shape index (κ3) is 3.90. The summed E-state index contributed by atoms with van der Waals surface area (Å²) in [6, 6.07) is 3.21. The first kappa shape index (κ1) is 15.9. The quantitative estimate of drug-likeness (QED) is 0.566. The van der Waals surface area contributed by atoms with Gasteiger partial charge in [-0.25, -0.2) is 13.1 Å². The van der Waals surface area contributed by atoms with Crippen molar-refractivity contribution in [2.75, 3.05) is 18.9 Å². The summed E-state index contributed by atoms with van der Waals surface area (Å²) >= 11 is 0. The Hall–Kier alpha value is -1.15. The Kier molecular flexibility index (Phi) is 4.57. The molecule has 1 atom stereocenters. The van der Waals surface area contributed by atoms with Crippen LogP contribution in [0.15, 0.2) is 17.0 Å². The van der Waals surface area contributed by atoms with E-state index in [1.165, 1.54) is 13.0 Å². The van der Waals surface area contributed by atoms with Crippen LogP contribution in [-0.2, 0) is 10.0 Å². The van der Waals surface area contributed by atoms with Gasteiger partial charge in [0.05, 0.1) is 17.1 Å². The van der Waals surface area contributed by atoms with E-state index in [1.807, 2.05) is 0 Å². The molecule has 0 fully saturated rings. The van der Waals surface area contributed by atoms with Gasteiger partial charge in [-0.15, -0.1) is 0 Å². The van der Waals surface area contributed by atoms with Crippen LogP contribution in [0.2, 0.25) is 0 Å². The van der Waals surface area contributed by atoms with Crippen molar-refractivity contribution in [2.24, 2.45) is 0 Å². The fraction of sp³-hybridized carbons (Fsp3) is 0.500. The Morgan fingerprint density at radius 2 is 1.95 bits per heavy atom. The van der Waals surface area contributed by atoms with Crippen molar-refractivity contribution in [3.05, 3.63) is 23.3 Å². The van der Waals surface area contributed by atoms with Crippen LogP contribution in [0.5, 0.6) is 0 Å². The third-order valence-electron chi connectivity index (χ3n) is 2.82. The molecule has 6 nitrogen and oxygen atoms in total. The summed E-state index contributed by atoms with van der Waals surface area (Å²) in [5, 5.41) is 18.5. The van der Waals surface area contributed by atoms with E-state index in [4.69, 9.17) is 10.8 Å². The third-order valence-corrected chi connectivity index (χ3v) is 4.35. The molecule has 0 aliphatic rings. The number of sulfonamides is 1. The minimum absolute atomic E-state index is 0.0822. The van der Waals surface area contributed by atoms with Crippen molar-refractivity contribution in [3.63, 3.8) is 0 Å². The smallest absolute Gasteiger partial charge is 0.241 e. The molecule has 108 valence electrons. The van der Waals surface area contributed by atoms with E-state index in [-0.39, 0.29) is 11.4 Å². The van der Waals surface area contributed by atoms with Gasteiger partial charge in [-0.2, -0.15) is 0 Å². The highest BCUT2D eigenvalue weighted by atomic mass is 32.2. The number of hydrogen-bond donors (Lipinski definition) is 4. The summed E-state index contributed by atoms with van der Waals surface area (Å²) in [6.45, 7) is 3.89. The van der Waals surface area contributed by atoms with E-state index in [1.54, 1.807) is 19.9 Å². The summed E-state index contributed by atoms with van der Waals surface area (Å²) in [5.74, 6) is 0. The lowest BCUT2D eigenvalue weighted by atomic mass is 10.1. The highest BCUT2D eigenvalue weighted by molar-refractivity contribution is 7.89. The number of nitrogens with two attached hydrogens (primary N) is 1. The predicted octanol–water partition coefficient (Wildman–Crippen LogP) is -0.0928. The zero-order valence-corrected chi connectivity index (χ0v) is 12.1. The molecule has 1 aromatic carbocycles. The van der Waals surface area contributed by atoms with Crippen LogP contribution < -0.4 is 10.5 Å². The molecular weight excluding hydrogens is 268 g/mol. The molecule has 0 aliphatic heterocycles. The fourth-order valence-electron chi connectivity index (χ4n) is 1.52. The second-order valence-corrected chi connectivity index (χ2v) is 6.69. The Morgan fingerprint density at radius 3 is 2.47 bits per heavy atom. The molecule has 0 aliphatic carbocycles. The van der Waals surface area contributed by atoms with Crippen molar-refractivity contribution in [2.45, 2.75) is 31.3 Å². The minimum atomic E-state index is -3.78. The zero-order chi connectivity index (χ0) is 14.8. The molecule has 0 saturated heterocycles. The second-order valence-electron chi connectivity index (χ2n) is 4.96. The number of hydrogen-bond acceptors (Lipinski definition) is 5. The van der Waals surface area contributed by atoms with Crippen LogP contribution in [0.3, 0.4) is 0 Å². The number of aliphatic hydroxyl groups excluding tert-OH is 1. The molecule has 0 saturated carbocycles. The van der Waals surface area contributed by atoms with E-state index < -0.39 is 22.2 Å². The molecule has 0 heterocycles. The van der Waals surface area contributed by atoms with E-state index in [0.29, 0.717) is 11.3 Å². The standard InChI is InChI=1S/C12H20N2O4S/c1-8-4-10(13)9(2)11(5-8)19(17,18)14-6-12(3,16)7-15/h4-5,14-16H,6-7,13H2,1-3H3. The van der Waals surface area contributed by atoms with Gasteiger partial charge in [-0.05, 0) is 44.0 Å². The number of aliphatic hydroxyl groups is 2. The normalized spacial score (nSPS) is 15.2. The van der Waals surface area contributed by atoms with Gasteiger partial charge in [0.15, 0.2) is 0 Å². The monoisotopic (exact) mass is 288 g/mol. The highest BCUT2D eigenvalue weighted by Gasteiger charge is 2.25. The van der Waals surface area contributed by atoms with E-state index in [0.717, 1.165) is 5.56 Å². The largest absolute Gasteiger partial charge is 0.398 e. The van der Waals surface area contributed by atoms with Crippen molar-refractivity contribution < 1.29 is 18.6 Å². The topological polar surface area (TPSA) is 113 Å². The van der Waals surface area contributed by atoms with Crippen LogP contribution in [0.4, 0.5) is 5.69 Å². The molecular formula is C12H20N2O4S. The van der Waals surface area contributed by atoms with E-state index in [9.17, 15) is 13.5 Å². The van der Waals surface area contributed by atoms with Crippen LogP contribution in [-0.4, -0.2) is 37.4 Å². The van der Waals surface area contributed by atoms with Gasteiger partial charge in [0.25, 0.3) is 0 Å². The summed E-state index contributed by atoms with van der Waals surface area (Å²) in [6.07, 6.45) is 0. The van der Waals surface area contributed by atoms with Crippen LogP contribution in [0.1, 0.15) is 18.1 Å². The number of benzene rings is 1. The Morgan fingerprint density at radius 1 is 1.37 bits per heavy atom. The molecule has 0 bridgehead atoms. The minimum Gasteiger partial charge on any atom is -0.398 e. The summed E-state index contributed by atoms with van der Waals surface area (Å²) in [7, 11) is -3.78. The molecule has 1 aromatic rings. The number of nitrogen functional groups attached to an aromatic ring is 1. The van der Waals surface area contributed by atoms with Crippen molar-refractivity contribution >= 4 is 15.7 Å². The maximum atomic E-state index is 12.2. The molecule has 19 heavy (non-hydrogen) atoms. The number of aryl methyl sites for hydroxylation is 1. The van der Waals surface area contributed by atoms with Gasteiger partial charge in [0.2, 0.25) is 10.0 Å². The van der Waals surface area contributed by atoms with Crippen molar-refractivity contribution in [1.29, 1.82) is 0 Å². The molecule has 5 N–H and O–H groups in total. The van der Waals surface area contributed by atoms with Crippen LogP contribution in [0.25, 0.3) is 0 Å². The summed E-state index contributed by atoms with van der Waals surface area (Å²) in [5.41, 5.74) is 5.83. The average Bonchev–Trinajstić information content (AvgIpc) is 2.31. The van der Waals surface area contributed by atoms with Gasteiger partial charge in [0.1, 0.15) is 0 Å². The van der Waals surface area contributed by atoms with E-state index in [2.05, 4.69) is 4.72 Å². The lowest BCUT2D eigenvalue weighted by Crippen LogP contribution is -2.43.